The fourth-order valence-corrected chi connectivity index (χ4v) is 2.46. The normalized spacial score (nSPS) is 10.7. The SMILES string of the molecule is CCCN(CC)CCNc1c(Cl)cc(N)cc1C(=O)OC. The van der Waals surface area contributed by atoms with E-state index in [1.54, 1.807) is 12.1 Å². The van der Waals surface area contributed by atoms with Gasteiger partial charge in [-0.25, -0.2) is 4.79 Å². The second kappa shape index (κ2) is 8.74. The van der Waals surface area contributed by atoms with Crippen molar-refractivity contribution in [1.29, 1.82) is 0 Å². The summed E-state index contributed by atoms with van der Waals surface area (Å²) in [5.74, 6) is -0.451. The predicted octanol–water partition coefficient (Wildman–Crippen LogP) is 2.85. The summed E-state index contributed by atoms with van der Waals surface area (Å²) < 4.78 is 4.77. The minimum Gasteiger partial charge on any atom is -0.465 e. The lowest BCUT2D eigenvalue weighted by atomic mass is 10.1. The van der Waals surface area contributed by atoms with E-state index in [0.717, 1.165) is 26.1 Å². The van der Waals surface area contributed by atoms with Crippen LogP contribution in [0, 0.1) is 0 Å². The molecule has 0 unspecified atom stereocenters. The molecule has 1 aromatic rings. The van der Waals surface area contributed by atoms with Gasteiger partial charge in [0.25, 0.3) is 0 Å². The van der Waals surface area contributed by atoms with Crippen LogP contribution in [0.2, 0.25) is 5.02 Å². The zero-order chi connectivity index (χ0) is 15.8. The van der Waals surface area contributed by atoms with E-state index < -0.39 is 5.97 Å². The average Bonchev–Trinajstić information content (AvgIpc) is 2.46. The number of halogens is 1. The molecule has 0 heterocycles. The van der Waals surface area contributed by atoms with Crippen LogP contribution in [0.3, 0.4) is 0 Å². The quantitative estimate of drug-likeness (QED) is 0.570. The topological polar surface area (TPSA) is 67.6 Å². The highest BCUT2D eigenvalue weighted by Gasteiger charge is 2.16. The third kappa shape index (κ3) is 5.10. The maximum atomic E-state index is 11.8. The number of anilines is 2. The Bertz CT molecular complexity index is 480. The van der Waals surface area contributed by atoms with Crippen LogP contribution < -0.4 is 11.1 Å². The number of esters is 1. The van der Waals surface area contributed by atoms with E-state index in [1.165, 1.54) is 7.11 Å². The monoisotopic (exact) mass is 313 g/mol. The second-order valence-corrected chi connectivity index (χ2v) is 5.19. The number of nitrogens with zero attached hydrogens (tertiary/aromatic N) is 1. The van der Waals surface area contributed by atoms with E-state index in [1.807, 2.05) is 0 Å². The number of carbonyl (C=O) groups is 1. The molecular weight excluding hydrogens is 290 g/mol. The fraction of sp³-hybridized carbons (Fsp3) is 0.533. The minimum absolute atomic E-state index is 0.362. The van der Waals surface area contributed by atoms with Gasteiger partial charge in [0.2, 0.25) is 0 Å². The third-order valence-electron chi connectivity index (χ3n) is 3.23. The number of nitrogen functional groups attached to an aromatic ring is 1. The zero-order valence-corrected chi connectivity index (χ0v) is 13.7. The van der Waals surface area contributed by atoms with Crippen LogP contribution in [0.5, 0.6) is 0 Å². The highest BCUT2D eigenvalue weighted by atomic mass is 35.5. The lowest BCUT2D eigenvalue weighted by Crippen LogP contribution is -2.30. The lowest BCUT2D eigenvalue weighted by molar-refractivity contribution is 0.0602. The molecule has 3 N–H and O–H groups in total. The Morgan fingerprint density at radius 3 is 2.67 bits per heavy atom. The maximum absolute atomic E-state index is 11.8. The van der Waals surface area contributed by atoms with Crippen molar-refractivity contribution < 1.29 is 9.53 Å². The molecule has 0 saturated carbocycles. The average molecular weight is 314 g/mol. The molecule has 0 amide bonds. The fourth-order valence-electron chi connectivity index (χ4n) is 2.16. The largest absolute Gasteiger partial charge is 0.465 e. The minimum atomic E-state index is -0.451. The smallest absolute Gasteiger partial charge is 0.340 e. The third-order valence-corrected chi connectivity index (χ3v) is 3.53. The van der Waals surface area contributed by atoms with E-state index in [9.17, 15) is 4.79 Å². The van der Waals surface area contributed by atoms with Gasteiger partial charge in [-0.3, -0.25) is 0 Å². The summed E-state index contributed by atoms with van der Waals surface area (Å²) in [7, 11) is 1.34. The molecule has 1 aromatic carbocycles. The molecule has 0 aliphatic carbocycles. The number of rotatable bonds is 8. The van der Waals surface area contributed by atoms with Gasteiger partial charge in [0, 0.05) is 18.8 Å². The summed E-state index contributed by atoms with van der Waals surface area (Å²) >= 11 is 6.18. The van der Waals surface area contributed by atoms with E-state index >= 15 is 0 Å². The lowest BCUT2D eigenvalue weighted by Gasteiger charge is -2.21. The van der Waals surface area contributed by atoms with Crippen molar-refractivity contribution in [2.45, 2.75) is 20.3 Å². The number of hydrogen-bond donors (Lipinski definition) is 2. The van der Waals surface area contributed by atoms with Crippen molar-refractivity contribution in [2.75, 3.05) is 44.3 Å². The second-order valence-electron chi connectivity index (χ2n) is 4.78. The molecule has 0 aliphatic rings. The van der Waals surface area contributed by atoms with Crippen molar-refractivity contribution in [2.24, 2.45) is 0 Å². The number of likely N-dealkylation sites (N-methyl/N-ethyl adjacent to an activating group) is 1. The summed E-state index contributed by atoms with van der Waals surface area (Å²) in [5.41, 5.74) is 7.10. The van der Waals surface area contributed by atoms with E-state index in [4.69, 9.17) is 22.1 Å². The number of nitrogens with one attached hydrogen (secondary N) is 1. The van der Waals surface area contributed by atoms with Crippen molar-refractivity contribution in [3.63, 3.8) is 0 Å². The van der Waals surface area contributed by atoms with Gasteiger partial charge in [-0.05, 0) is 31.6 Å². The van der Waals surface area contributed by atoms with Crippen LogP contribution in [0.25, 0.3) is 0 Å². The summed E-state index contributed by atoms with van der Waals surface area (Å²) in [5, 5.41) is 3.64. The molecule has 0 saturated heterocycles. The van der Waals surface area contributed by atoms with Crippen LogP contribution in [0.15, 0.2) is 12.1 Å². The summed E-state index contributed by atoms with van der Waals surface area (Å²) in [6.45, 7) is 7.91. The first-order chi connectivity index (χ1) is 10.0. The molecule has 1 rings (SSSR count). The zero-order valence-electron chi connectivity index (χ0n) is 12.9. The van der Waals surface area contributed by atoms with Gasteiger partial charge in [0.1, 0.15) is 0 Å². The van der Waals surface area contributed by atoms with Gasteiger partial charge in [-0.15, -0.1) is 0 Å². The van der Waals surface area contributed by atoms with Crippen molar-refractivity contribution >= 4 is 28.9 Å². The number of ether oxygens (including phenoxy) is 1. The number of carbonyl (C=O) groups excluding carboxylic acids is 1. The van der Waals surface area contributed by atoms with Crippen LogP contribution in [-0.2, 0) is 4.74 Å². The van der Waals surface area contributed by atoms with Crippen molar-refractivity contribution in [3.8, 4) is 0 Å². The van der Waals surface area contributed by atoms with E-state index in [-0.39, 0.29) is 0 Å². The maximum Gasteiger partial charge on any atom is 0.340 e. The van der Waals surface area contributed by atoms with Gasteiger partial charge in [-0.2, -0.15) is 0 Å². The molecule has 0 aliphatic heterocycles. The van der Waals surface area contributed by atoms with E-state index in [0.29, 0.717) is 28.5 Å². The Morgan fingerprint density at radius 1 is 1.38 bits per heavy atom. The van der Waals surface area contributed by atoms with Crippen LogP contribution in [-0.4, -0.2) is 44.2 Å². The van der Waals surface area contributed by atoms with E-state index in [2.05, 4.69) is 24.1 Å². The Balaban J connectivity index is 2.80. The highest BCUT2D eigenvalue weighted by Crippen LogP contribution is 2.29. The first kappa shape index (κ1) is 17.6. The van der Waals surface area contributed by atoms with Crippen molar-refractivity contribution in [1.82, 2.24) is 4.90 Å². The van der Waals surface area contributed by atoms with Gasteiger partial charge >= 0.3 is 5.97 Å². The molecule has 0 atom stereocenters. The van der Waals surface area contributed by atoms with Gasteiger partial charge in [-0.1, -0.05) is 25.4 Å². The molecule has 0 aromatic heterocycles. The first-order valence-corrected chi connectivity index (χ1v) is 7.54. The molecule has 0 fully saturated rings. The number of nitrogens with two attached hydrogens (primary N) is 1. The number of benzene rings is 1. The molecule has 5 nitrogen and oxygen atoms in total. The molecular formula is C15H24ClN3O2. The Hall–Kier alpha value is -1.46. The Kier molecular flexibility index (Phi) is 7.32. The van der Waals surface area contributed by atoms with Gasteiger partial charge in [0.05, 0.1) is 23.4 Å². The van der Waals surface area contributed by atoms with Crippen LogP contribution in [0.4, 0.5) is 11.4 Å². The Labute approximate surface area is 131 Å². The standard InChI is InChI=1S/C15H24ClN3O2/c1-4-7-19(5-2)8-6-18-14-12(15(20)21-3)9-11(17)10-13(14)16/h9-10,18H,4-8,17H2,1-3H3. The summed E-state index contributed by atoms with van der Waals surface area (Å²) in [6, 6.07) is 3.20. The van der Waals surface area contributed by atoms with Crippen LogP contribution in [0.1, 0.15) is 30.6 Å². The summed E-state index contributed by atoms with van der Waals surface area (Å²) in [4.78, 5) is 14.1. The number of hydrogen-bond acceptors (Lipinski definition) is 5. The van der Waals surface area contributed by atoms with Gasteiger partial charge in [0.15, 0.2) is 0 Å². The molecule has 0 spiro atoms. The van der Waals surface area contributed by atoms with Gasteiger partial charge < -0.3 is 20.7 Å². The van der Waals surface area contributed by atoms with Crippen LogP contribution >= 0.6 is 11.6 Å². The number of methoxy groups -OCH3 is 1. The predicted molar refractivity (Wildman–Crippen MR) is 88.1 cm³/mol. The molecule has 0 bridgehead atoms. The highest BCUT2D eigenvalue weighted by molar-refractivity contribution is 6.34. The first-order valence-electron chi connectivity index (χ1n) is 7.17. The summed E-state index contributed by atoms with van der Waals surface area (Å²) in [6.07, 6.45) is 1.11. The van der Waals surface area contributed by atoms with Crippen molar-refractivity contribution in [3.05, 3.63) is 22.7 Å². The molecule has 21 heavy (non-hydrogen) atoms. The molecule has 0 radical (unpaired) electrons. The Morgan fingerprint density at radius 2 is 2.10 bits per heavy atom. The molecule has 6 heteroatoms. The molecule has 118 valence electrons.